The van der Waals surface area contributed by atoms with Crippen LogP contribution in [0.1, 0.15) is 25.7 Å². The molecule has 2 heterocycles. The van der Waals surface area contributed by atoms with Gasteiger partial charge in [0.25, 0.3) is 16.6 Å². The molecule has 0 amide bonds. The van der Waals surface area contributed by atoms with E-state index in [1.165, 1.54) is 43.2 Å². The number of thioether (sulfide) groups is 1. The van der Waals surface area contributed by atoms with Crippen LogP contribution in [0.2, 0.25) is 0 Å². The van der Waals surface area contributed by atoms with Crippen molar-refractivity contribution < 1.29 is 14.3 Å². The number of benzene rings is 1. The molecule has 1 aliphatic heterocycles. The van der Waals surface area contributed by atoms with Gasteiger partial charge in [0.05, 0.1) is 21.5 Å². The Labute approximate surface area is 159 Å². The number of piperidine rings is 1. The lowest BCUT2D eigenvalue weighted by molar-refractivity contribution is -0.394. The van der Waals surface area contributed by atoms with Crippen LogP contribution in [0.25, 0.3) is 11.5 Å². The van der Waals surface area contributed by atoms with Crippen LogP contribution < -0.4 is 0 Å². The number of hydrogen-bond donors (Lipinski definition) is 0. The molecule has 0 spiro atoms. The molecular formula is C16H19N5O5S. The third-order valence-corrected chi connectivity index (χ3v) is 5.18. The molecular weight excluding hydrogens is 374 g/mol. The van der Waals surface area contributed by atoms with E-state index in [-0.39, 0.29) is 11.5 Å². The molecule has 0 unspecified atom stereocenters. The Balaban J connectivity index is 1.61. The molecule has 1 aromatic carbocycles. The van der Waals surface area contributed by atoms with Gasteiger partial charge in [-0.1, -0.05) is 18.2 Å². The molecule has 3 rings (SSSR count). The monoisotopic (exact) mass is 393 g/mol. The minimum absolute atomic E-state index is 0.0281. The van der Waals surface area contributed by atoms with Crippen LogP contribution in [0, 0.1) is 20.2 Å². The number of nitro groups is 2. The molecule has 0 aliphatic carbocycles. The summed E-state index contributed by atoms with van der Waals surface area (Å²) in [4.78, 5) is 23.0. The molecule has 1 aliphatic rings. The first kappa shape index (κ1) is 19.2. The van der Waals surface area contributed by atoms with E-state index in [1.54, 1.807) is 0 Å². The van der Waals surface area contributed by atoms with E-state index in [2.05, 4.69) is 15.1 Å². The van der Waals surface area contributed by atoms with Gasteiger partial charge in [-0.3, -0.25) is 20.2 Å². The van der Waals surface area contributed by atoms with Crippen LogP contribution in [-0.2, 0) is 0 Å². The quantitative estimate of drug-likeness (QED) is 0.286. The Bertz CT molecular complexity index is 789. The minimum atomic E-state index is -0.691. The Morgan fingerprint density at radius 3 is 2.33 bits per heavy atom. The molecule has 0 saturated carbocycles. The summed E-state index contributed by atoms with van der Waals surface area (Å²) in [6, 6.07) is 3.27. The average molecular weight is 393 g/mol. The third kappa shape index (κ3) is 5.23. The van der Waals surface area contributed by atoms with E-state index in [1.807, 2.05) is 0 Å². The van der Waals surface area contributed by atoms with Crippen LogP contribution >= 0.6 is 11.8 Å². The maximum Gasteiger partial charge on any atom is 0.277 e. The lowest BCUT2D eigenvalue weighted by Crippen LogP contribution is -2.30. The van der Waals surface area contributed by atoms with Crippen molar-refractivity contribution in [1.29, 1.82) is 0 Å². The summed E-state index contributed by atoms with van der Waals surface area (Å²) in [6.45, 7) is 3.34. The summed E-state index contributed by atoms with van der Waals surface area (Å²) in [5.74, 6) is 0.841. The van der Waals surface area contributed by atoms with Crippen molar-refractivity contribution in [1.82, 2.24) is 15.1 Å². The maximum absolute atomic E-state index is 11.0. The largest absolute Gasteiger partial charge is 0.411 e. The second-order valence-electron chi connectivity index (χ2n) is 6.23. The van der Waals surface area contributed by atoms with Gasteiger partial charge in [-0.05, 0) is 38.9 Å². The Morgan fingerprint density at radius 1 is 1.04 bits per heavy atom. The van der Waals surface area contributed by atoms with Gasteiger partial charge in [0.1, 0.15) is 0 Å². The van der Waals surface area contributed by atoms with Crippen molar-refractivity contribution in [3.8, 4) is 11.5 Å². The number of rotatable bonds is 8. The van der Waals surface area contributed by atoms with E-state index >= 15 is 0 Å². The Kier molecular flexibility index (Phi) is 6.35. The standard InChI is InChI=1S/C16H19N5O5S/c22-20(23)13-9-12(10-14(11-13)21(24)25)15-17-18-16(26-15)27-8-4-7-19-5-2-1-3-6-19/h9-11H,1-8H2. The molecule has 144 valence electrons. The number of likely N-dealkylation sites (tertiary alicyclic amines) is 1. The first-order valence-corrected chi connectivity index (χ1v) is 9.64. The molecule has 2 aromatic rings. The molecule has 1 aromatic heterocycles. The maximum atomic E-state index is 11.0. The molecule has 0 N–H and O–H groups in total. The lowest BCUT2D eigenvalue weighted by atomic mass is 10.1. The smallest absolute Gasteiger partial charge is 0.277 e. The minimum Gasteiger partial charge on any atom is -0.411 e. The van der Waals surface area contributed by atoms with Gasteiger partial charge in [-0.25, -0.2) is 0 Å². The van der Waals surface area contributed by atoms with E-state index in [4.69, 9.17) is 4.42 Å². The van der Waals surface area contributed by atoms with Crippen LogP contribution in [0.3, 0.4) is 0 Å². The zero-order valence-corrected chi connectivity index (χ0v) is 15.4. The summed E-state index contributed by atoms with van der Waals surface area (Å²) in [5.41, 5.74) is -0.634. The number of non-ortho nitro benzene ring substituents is 2. The predicted molar refractivity (Wildman–Crippen MR) is 98.7 cm³/mol. The zero-order valence-electron chi connectivity index (χ0n) is 14.6. The van der Waals surface area contributed by atoms with Gasteiger partial charge < -0.3 is 9.32 Å². The van der Waals surface area contributed by atoms with Gasteiger partial charge in [0.2, 0.25) is 5.89 Å². The van der Waals surface area contributed by atoms with E-state index < -0.39 is 21.2 Å². The van der Waals surface area contributed by atoms with Crippen LogP contribution in [0.5, 0.6) is 0 Å². The van der Waals surface area contributed by atoms with Crippen LogP contribution in [0.15, 0.2) is 27.8 Å². The van der Waals surface area contributed by atoms with E-state index in [9.17, 15) is 20.2 Å². The van der Waals surface area contributed by atoms with Gasteiger partial charge in [-0.2, -0.15) is 0 Å². The number of aromatic nitrogens is 2. The predicted octanol–water partition coefficient (Wildman–Crippen LogP) is 3.52. The van der Waals surface area contributed by atoms with Crippen molar-refractivity contribution in [3.05, 3.63) is 38.4 Å². The topological polar surface area (TPSA) is 128 Å². The molecule has 0 bridgehead atoms. The summed E-state index contributed by atoms with van der Waals surface area (Å²) < 4.78 is 5.51. The normalized spacial score (nSPS) is 15.0. The zero-order chi connectivity index (χ0) is 19.2. The van der Waals surface area contributed by atoms with Crippen molar-refractivity contribution in [2.75, 3.05) is 25.4 Å². The molecule has 0 atom stereocenters. The van der Waals surface area contributed by atoms with Crippen molar-refractivity contribution in [2.24, 2.45) is 0 Å². The van der Waals surface area contributed by atoms with Gasteiger partial charge in [0, 0.05) is 17.9 Å². The number of hydrogen-bond acceptors (Lipinski definition) is 9. The summed E-state index contributed by atoms with van der Waals surface area (Å²) in [7, 11) is 0. The molecule has 1 fully saturated rings. The van der Waals surface area contributed by atoms with E-state index in [0.29, 0.717) is 5.22 Å². The summed E-state index contributed by atoms with van der Waals surface area (Å²) in [5, 5.41) is 30.1. The second kappa shape index (κ2) is 8.91. The van der Waals surface area contributed by atoms with Gasteiger partial charge >= 0.3 is 0 Å². The van der Waals surface area contributed by atoms with Crippen LogP contribution in [0.4, 0.5) is 11.4 Å². The fourth-order valence-corrected chi connectivity index (χ4v) is 3.63. The third-order valence-electron chi connectivity index (χ3n) is 4.27. The highest BCUT2D eigenvalue weighted by atomic mass is 32.2. The Hall–Kier alpha value is -2.53. The highest BCUT2D eigenvalue weighted by Gasteiger charge is 2.20. The van der Waals surface area contributed by atoms with Gasteiger partial charge in [0.15, 0.2) is 0 Å². The van der Waals surface area contributed by atoms with Crippen molar-refractivity contribution >= 4 is 23.1 Å². The number of nitrogens with zero attached hydrogens (tertiary/aromatic N) is 5. The fraction of sp³-hybridized carbons (Fsp3) is 0.500. The molecule has 0 radical (unpaired) electrons. The fourth-order valence-electron chi connectivity index (χ4n) is 2.94. The average Bonchev–Trinajstić information content (AvgIpc) is 3.14. The molecule has 10 nitrogen and oxygen atoms in total. The lowest BCUT2D eigenvalue weighted by Gasteiger charge is -2.26. The SMILES string of the molecule is O=[N+]([O-])c1cc(-c2nnc(SCCCN3CCCCC3)o2)cc([N+](=O)[O-])c1. The summed E-state index contributed by atoms with van der Waals surface area (Å²) >= 11 is 1.41. The number of nitro benzene ring substituents is 2. The molecule has 11 heteroatoms. The highest BCUT2D eigenvalue weighted by molar-refractivity contribution is 7.99. The van der Waals surface area contributed by atoms with E-state index in [0.717, 1.165) is 37.9 Å². The van der Waals surface area contributed by atoms with Gasteiger partial charge in [-0.15, -0.1) is 10.2 Å². The Morgan fingerprint density at radius 2 is 1.70 bits per heavy atom. The summed E-state index contributed by atoms with van der Waals surface area (Å²) in [6.07, 6.45) is 4.82. The molecule has 27 heavy (non-hydrogen) atoms. The first-order chi connectivity index (χ1) is 13.0. The first-order valence-electron chi connectivity index (χ1n) is 8.66. The van der Waals surface area contributed by atoms with Crippen LogP contribution in [-0.4, -0.2) is 50.3 Å². The van der Waals surface area contributed by atoms with Crippen molar-refractivity contribution in [2.45, 2.75) is 30.9 Å². The highest BCUT2D eigenvalue weighted by Crippen LogP contribution is 2.30. The van der Waals surface area contributed by atoms with Crippen molar-refractivity contribution in [3.63, 3.8) is 0 Å². The molecule has 1 saturated heterocycles. The second-order valence-corrected chi connectivity index (χ2v) is 7.28.